The van der Waals surface area contributed by atoms with Gasteiger partial charge in [0.05, 0.1) is 12.6 Å². The number of H-pyrrole nitrogens is 1. The van der Waals surface area contributed by atoms with Gasteiger partial charge in [-0.15, -0.1) is 0 Å². The van der Waals surface area contributed by atoms with Crippen LogP contribution in [0, 0.1) is 5.92 Å². The molecule has 4 aromatic rings. The zero-order valence-electron chi connectivity index (χ0n) is 19.7. The predicted octanol–water partition coefficient (Wildman–Crippen LogP) is 4.70. The number of aromatic amines is 1. The molecule has 0 spiro atoms. The van der Waals surface area contributed by atoms with Crippen molar-refractivity contribution in [2.24, 2.45) is 5.92 Å². The number of carbonyl (C=O) groups excluding carboxylic acids is 2. The predicted molar refractivity (Wildman–Crippen MR) is 136 cm³/mol. The van der Waals surface area contributed by atoms with E-state index in [1.54, 1.807) is 0 Å². The van der Waals surface area contributed by atoms with Crippen molar-refractivity contribution in [3.63, 3.8) is 0 Å². The van der Waals surface area contributed by atoms with Crippen molar-refractivity contribution in [3.05, 3.63) is 72.1 Å². The second-order valence-corrected chi connectivity index (χ2v) is 10.5. The van der Waals surface area contributed by atoms with Crippen molar-refractivity contribution >= 4 is 33.6 Å². The molecule has 6 nitrogen and oxygen atoms in total. The average molecular weight is 467 g/mol. The minimum absolute atomic E-state index is 0.0252. The van der Waals surface area contributed by atoms with Crippen molar-refractivity contribution in [2.75, 3.05) is 0 Å². The van der Waals surface area contributed by atoms with Crippen LogP contribution < -0.4 is 5.32 Å². The molecule has 35 heavy (non-hydrogen) atoms. The van der Waals surface area contributed by atoms with E-state index in [-0.39, 0.29) is 17.9 Å². The van der Waals surface area contributed by atoms with Crippen molar-refractivity contribution in [2.45, 2.75) is 63.2 Å². The molecule has 2 fully saturated rings. The molecule has 2 N–H and O–H groups in total. The molecule has 2 unspecified atom stereocenters. The van der Waals surface area contributed by atoms with Gasteiger partial charge >= 0.3 is 0 Å². The number of fused-ring (bicyclic) bond motifs is 5. The van der Waals surface area contributed by atoms with Crippen LogP contribution in [0.5, 0.6) is 0 Å². The Morgan fingerprint density at radius 1 is 0.914 bits per heavy atom. The highest BCUT2D eigenvalue weighted by molar-refractivity contribution is 5.99. The number of para-hydroxylation sites is 2. The van der Waals surface area contributed by atoms with Crippen LogP contribution >= 0.6 is 0 Å². The summed E-state index contributed by atoms with van der Waals surface area (Å²) in [5, 5.41) is 5.43. The topological polar surface area (TPSA) is 70.1 Å². The molecule has 3 aliphatic rings. The number of nitrogens with zero attached hydrogens (tertiary/aromatic N) is 2. The smallest absolute Gasteiger partial charge is 0.248 e. The van der Waals surface area contributed by atoms with Crippen LogP contribution in [0.2, 0.25) is 0 Å². The Balaban J connectivity index is 1.30. The van der Waals surface area contributed by atoms with Gasteiger partial charge < -0.3 is 19.8 Å². The lowest BCUT2D eigenvalue weighted by Gasteiger charge is -2.49. The number of benzene rings is 2. The molecule has 2 amide bonds. The SMILES string of the molecule is O=C1NC(Cn2ccc3ccccc32)C(=O)N2C(C3CCCCC3)c3[nH]c4ccccc4c3C[C@@H]12. The maximum Gasteiger partial charge on any atom is 0.248 e. The molecule has 2 aromatic carbocycles. The zero-order chi connectivity index (χ0) is 23.5. The Hall–Kier alpha value is -3.54. The van der Waals surface area contributed by atoms with Crippen LogP contribution in [0.15, 0.2) is 60.8 Å². The summed E-state index contributed by atoms with van der Waals surface area (Å²) in [6.45, 7) is 0.443. The van der Waals surface area contributed by atoms with Crippen LogP contribution in [0.4, 0.5) is 0 Å². The molecule has 3 atom stereocenters. The summed E-state index contributed by atoms with van der Waals surface area (Å²) in [6.07, 6.45) is 8.42. The van der Waals surface area contributed by atoms with Crippen molar-refractivity contribution in [3.8, 4) is 0 Å². The summed E-state index contributed by atoms with van der Waals surface area (Å²) in [4.78, 5) is 33.3. The van der Waals surface area contributed by atoms with E-state index in [1.807, 2.05) is 29.3 Å². The summed E-state index contributed by atoms with van der Waals surface area (Å²) in [7, 11) is 0. The summed E-state index contributed by atoms with van der Waals surface area (Å²) in [6, 6.07) is 17.5. The standard InChI is InChI=1S/C29H30N4O2/c34-28-25-16-21-20-11-5-6-12-22(20)30-26(21)27(19-9-2-1-3-10-19)33(25)29(35)23(31-28)17-32-15-14-18-8-4-7-13-24(18)32/h4-8,11-15,19,23,25,27,30H,1-3,9-10,16-17H2,(H,31,34)/t23?,25-,27?/m0/s1. The van der Waals surface area contributed by atoms with Crippen LogP contribution in [0.1, 0.15) is 49.4 Å². The number of hydrogen-bond donors (Lipinski definition) is 2. The first-order valence-corrected chi connectivity index (χ1v) is 12.9. The van der Waals surface area contributed by atoms with Crippen molar-refractivity contribution in [1.29, 1.82) is 0 Å². The fourth-order valence-electron chi connectivity index (χ4n) is 6.87. The Morgan fingerprint density at radius 2 is 1.71 bits per heavy atom. The highest BCUT2D eigenvalue weighted by atomic mass is 16.2. The summed E-state index contributed by atoms with van der Waals surface area (Å²) in [5.41, 5.74) is 4.55. The first-order chi connectivity index (χ1) is 17.2. The van der Waals surface area contributed by atoms with E-state index in [9.17, 15) is 9.59 Å². The number of hydrogen-bond acceptors (Lipinski definition) is 2. The fraction of sp³-hybridized carbons (Fsp3) is 0.379. The third-order valence-electron chi connectivity index (χ3n) is 8.50. The van der Waals surface area contributed by atoms with Crippen LogP contribution in [0.3, 0.4) is 0 Å². The normalized spacial score (nSPS) is 25.0. The molecule has 2 aromatic heterocycles. The van der Waals surface area contributed by atoms with Gasteiger partial charge in [-0.1, -0.05) is 55.7 Å². The Morgan fingerprint density at radius 3 is 2.60 bits per heavy atom. The monoisotopic (exact) mass is 466 g/mol. The van der Waals surface area contributed by atoms with E-state index >= 15 is 0 Å². The van der Waals surface area contributed by atoms with Gasteiger partial charge in [0.25, 0.3) is 0 Å². The number of rotatable bonds is 3. The maximum absolute atomic E-state index is 14.1. The second-order valence-electron chi connectivity index (χ2n) is 10.5. The minimum Gasteiger partial charge on any atom is -0.356 e. The van der Waals surface area contributed by atoms with Crippen LogP contribution in [-0.2, 0) is 22.6 Å². The molecule has 1 saturated heterocycles. The third-order valence-corrected chi connectivity index (χ3v) is 8.50. The van der Waals surface area contributed by atoms with Gasteiger partial charge in [0.15, 0.2) is 0 Å². The molecular weight excluding hydrogens is 436 g/mol. The molecule has 1 saturated carbocycles. The quantitative estimate of drug-likeness (QED) is 0.460. The lowest BCUT2D eigenvalue weighted by atomic mass is 9.77. The lowest BCUT2D eigenvalue weighted by Crippen LogP contribution is -2.67. The summed E-state index contributed by atoms with van der Waals surface area (Å²) < 4.78 is 2.09. The number of carbonyl (C=O) groups is 2. The van der Waals surface area contributed by atoms with Crippen molar-refractivity contribution in [1.82, 2.24) is 19.8 Å². The number of nitrogens with one attached hydrogen (secondary N) is 2. The van der Waals surface area contributed by atoms with E-state index < -0.39 is 12.1 Å². The van der Waals surface area contributed by atoms with Crippen LogP contribution in [0.25, 0.3) is 21.8 Å². The first kappa shape index (κ1) is 20.8. The van der Waals surface area contributed by atoms with Gasteiger partial charge in [0, 0.05) is 34.7 Å². The van der Waals surface area contributed by atoms with E-state index in [2.05, 4.69) is 51.3 Å². The Labute approximate surface area is 204 Å². The van der Waals surface area contributed by atoms with Gasteiger partial charge in [0.1, 0.15) is 12.1 Å². The molecular formula is C29H30N4O2. The number of piperazine rings is 1. The molecule has 178 valence electrons. The molecule has 1 aliphatic carbocycles. The van der Waals surface area contributed by atoms with Gasteiger partial charge in [0.2, 0.25) is 11.8 Å². The molecule has 0 radical (unpaired) electrons. The summed E-state index contributed by atoms with van der Waals surface area (Å²) >= 11 is 0. The minimum atomic E-state index is -0.563. The lowest BCUT2D eigenvalue weighted by molar-refractivity contribution is -0.155. The fourth-order valence-corrected chi connectivity index (χ4v) is 6.87. The van der Waals surface area contributed by atoms with Gasteiger partial charge in [-0.25, -0.2) is 0 Å². The summed E-state index contributed by atoms with van der Waals surface area (Å²) in [5.74, 6) is 0.399. The second kappa shape index (κ2) is 8.01. The van der Waals surface area contributed by atoms with E-state index in [0.29, 0.717) is 18.9 Å². The van der Waals surface area contributed by atoms with Crippen LogP contribution in [-0.4, -0.2) is 38.3 Å². The van der Waals surface area contributed by atoms with E-state index in [4.69, 9.17) is 0 Å². The number of amides is 2. The Bertz CT molecular complexity index is 1440. The molecule has 6 heteroatoms. The average Bonchev–Trinajstić information content (AvgIpc) is 3.48. The van der Waals surface area contributed by atoms with Gasteiger partial charge in [-0.2, -0.15) is 0 Å². The molecule has 0 bridgehead atoms. The molecule has 7 rings (SSSR count). The van der Waals surface area contributed by atoms with E-state index in [0.717, 1.165) is 35.0 Å². The highest BCUT2D eigenvalue weighted by Crippen LogP contribution is 2.46. The Kier molecular flexibility index (Phi) is 4.76. The van der Waals surface area contributed by atoms with E-state index in [1.165, 1.54) is 30.2 Å². The first-order valence-electron chi connectivity index (χ1n) is 12.9. The van der Waals surface area contributed by atoms with Crippen molar-refractivity contribution < 1.29 is 9.59 Å². The third kappa shape index (κ3) is 3.23. The van der Waals surface area contributed by atoms with Gasteiger partial charge in [-0.3, -0.25) is 9.59 Å². The molecule has 2 aliphatic heterocycles. The number of aromatic nitrogens is 2. The molecule has 4 heterocycles. The zero-order valence-corrected chi connectivity index (χ0v) is 19.7. The highest BCUT2D eigenvalue weighted by Gasteiger charge is 2.50. The largest absolute Gasteiger partial charge is 0.356 e. The maximum atomic E-state index is 14.1. The van der Waals surface area contributed by atoms with Gasteiger partial charge in [-0.05, 0) is 47.9 Å².